The minimum absolute atomic E-state index is 0.167. The fraction of sp³-hybridized carbons (Fsp3) is 0.533. The molecule has 1 aromatic rings. The second kappa shape index (κ2) is 8.28. The van der Waals surface area contributed by atoms with Crippen LogP contribution in [0.15, 0.2) is 24.3 Å². The standard InChI is InChI=1S/C15H22ClNO/c1-3-4-5-10-17(2)11-9-15(18)13-7-6-8-14(16)12-13/h6-8,12H,3-5,9-11H2,1-2H3. The summed E-state index contributed by atoms with van der Waals surface area (Å²) in [6.07, 6.45) is 4.25. The molecule has 0 fully saturated rings. The van der Waals surface area contributed by atoms with Gasteiger partial charge in [-0.1, -0.05) is 43.5 Å². The number of nitrogens with zero attached hydrogens (tertiary/aromatic N) is 1. The number of benzene rings is 1. The zero-order valence-electron chi connectivity index (χ0n) is 11.3. The van der Waals surface area contributed by atoms with Crippen LogP contribution in [0.25, 0.3) is 0 Å². The second-order valence-electron chi connectivity index (χ2n) is 4.69. The van der Waals surface area contributed by atoms with Crippen LogP contribution in [-0.4, -0.2) is 30.8 Å². The van der Waals surface area contributed by atoms with Crippen LogP contribution in [0.4, 0.5) is 0 Å². The van der Waals surface area contributed by atoms with E-state index < -0.39 is 0 Å². The van der Waals surface area contributed by atoms with Crippen LogP contribution in [0.1, 0.15) is 43.0 Å². The van der Waals surface area contributed by atoms with Gasteiger partial charge < -0.3 is 4.90 Å². The quantitative estimate of drug-likeness (QED) is 0.523. The first-order chi connectivity index (χ1) is 8.63. The smallest absolute Gasteiger partial charge is 0.164 e. The predicted molar refractivity (Wildman–Crippen MR) is 77.4 cm³/mol. The Hall–Kier alpha value is -0.860. The van der Waals surface area contributed by atoms with Gasteiger partial charge in [0.25, 0.3) is 0 Å². The summed E-state index contributed by atoms with van der Waals surface area (Å²) in [5, 5.41) is 0.622. The van der Waals surface area contributed by atoms with E-state index in [0.29, 0.717) is 17.0 Å². The Morgan fingerprint density at radius 3 is 2.72 bits per heavy atom. The highest BCUT2D eigenvalue weighted by molar-refractivity contribution is 6.31. The first-order valence-electron chi connectivity index (χ1n) is 6.60. The Morgan fingerprint density at radius 2 is 2.06 bits per heavy atom. The first-order valence-corrected chi connectivity index (χ1v) is 6.98. The third-order valence-electron chi connectivity index (χ3n) is 3.01. The predicted octanol–water partition coefficient (Wildman–Crippen LogP) is 4.03. The van der Waals surface area contributed by atoms with Crippen molar-refractivity contribution in [1.82, 2.24) is 4.90 Å². The zero-order chi connectivity index (χ0) is 13.4. The van der Waals surface area contributed by atoms with E-state index in [-0.39, 0.29) is 5.78 Å². The molecule has 0 N–H and O–H groups in total. The lowest BCUT2D eigenvalue weighted by atomic mass is 10.1. The topological polar surface area (TPSA) is 20.3 Å². The second-order valence-corrected chi connectivity index (χ2v) is 5.13. The molecule has 0 heterocycles. The van der Waals surface area contributed by atoms with E-state index in [2.05, 4.69) is 18.9 Å². The summed E-state index contributed by atoms with van der Waals surface area (Å²) in [7, 11) is 2.07. The van der Waals surface area contributed by atoms with Crippen LogP contribution < -0.4 is 0 Å². The van der Waals surface area contributed by atoms with E-state index in [1.165, 1.54) is 19.3 Å². The average molecular weight is 268 g/mol. The Morgan fingerprint density at radius 1 is 1.28 bits per heavy atom. The van der Waals surface area contributed by atoms with Gasteiger partial charge in [0.05, 0.1) is 0 Å². The van der Waals surface area contributed by atoms with Crippen molar-refractivity contribution < 1.29 is 4.79 Å². The Balaban J connectivity index is 2.32. The van der Waals surface area contributed by atoms with Crippen molar-refractivity contribution in [1.29, 1.82) is 0 Å². The fourth-order valence-electron chi connectivity index (χ4n) is 1.84. The van der Waals surface area contributed by atoms with E-state index in [1.54, 1.807) is 12.1 Å². The van der Waals surface area contributed by atoms with Gasteiger partial charge in [-0.3, -0.25) is 4.79 Å². The van der Waals surface area contributed by atoms with Gasteiger partial charge in [-0.25, -0.2) is 0 Å². The van der Waals surface area contributed by atoms with Crippen molar-refractivity contribution in [3.63, 3.8) is 0 Å². The van der Waals surface area contributed by atoms with Crippen LogP contribution in [0, 0.1) is 0 Å². The van der Waals surface area contributed by atoms with Crippen LogP contribution in [0.5, 0.6) is 0 Å². The molecule has 0 radical (unpaired) electrons. The molecule has 100 valence electrons. The highest BCUT2D eigenvalue weighted by Crippen LogP contribution is 2.12. The Kier molecular flexibility index (Phi) is 6.99. The van der Waals surface area contributed by atoms with Gasteiger partial charge in [-0.15, -0.1) is 0 Å². The number of hydrogen-bond acceptors (Lipinski definition) is 2. The fourth-order valence-corrected chi connectivity index (χ4v) is 2.03. The molecule has 0 aromatic heterocycles. The number of Topliss-reactive ketones (excluding diaryl/α,β-unsaturated/α-hetero) is 1. The average Bonchev–Trinajstić information content (AvgIpc) is 2.36. The lowest BCUT2D eigenvalue weighted by Crippen LogP contribution is -2.23. The van der Waals surface area contributed by atoms with Crippen molar-refractivity contribution in [2.75, 3.05) is 20.1 Å². The van der Waals surface area contributed by atoms with E-state index >= 15 is 0 Å². The molecule has 0 aliphatic heterocycles. The molecular weight excluding hydrogens is 246 g/mol. The number of rotatable bonds is 8. The molecule has 2 nitrogen and oxygen atoms in total. The highest BCUT2D eigenvalue weighted by atomic mass is 35.5. The van der Waals surface area contributed by atoms with Crippen LogP contribution in [0.2, 0.25) is 5.02 Å². The molecule has 0 unspecified atom stereocenters. The number of hydrogen-bond donors (Lipinski definition) is 0. The van der Waals surface area contributed by atoms with Gasteiger partial charge in [0.2, 0.25) is 0 Å². The van der Waals surface area contributed by atoms with Crippen molar-refractivity contribution in [2.24, 2.45) is 0 Å². The molecule has 0 saturated carbocycles. The summed E-state index contributed by atoms with van der Waals surface area (Å²) in [5.74, 6) is 0.167. The summed E-state index contributed by atoms with van der Waals surface area (Å²) >= 11 is 5.87. The Bertz CT molecular complexity index is 379. The molecular formula is C15H22ClNO. The molecule has 3 heteroatoms. The van der Waals surface area contributed by atoms with Crippen molar-refractivity contribution in [2.45, 2.75) is 32.6 Å². The monoisotopic (exact) mass is 267 g/mol. The van der Waals surface area contributed by atoms with Crippen LogP contribution in [-0.2, 0) is 0 Å². The third kappa shape index (κ3) is 5.65. The molecule has 0 atom stereocenters. The van der Waals surface area contributed by atoms with Gasteiger partial charge in [0.1, 0.15) is 0 Å². The molecule has 0 aliphatic carbocycles. The van der Waals surface area contributed by atoms with Gasteiger partial charge in [-0.2, -0.15) is 0 Å². The number of halogens is 1. The summed E-state index contributed by atoms with van der Waals surface area (Å²) < 4.78 is 0. The molecule has 1 rings (SSSR count). The summed E-state index contributed by atoms with van der Waals surface area (Å²) in [5.41, 5.74) is 0.712. The van der Waals surface area contributed by atoms with Crippen molar-refractivity contribution in [3.8, 4) is 0 Å². The number of carbonyl (C=O) groups excluding carboxylic acids is 1. The molecule has 0 amide bonds. The zero-order valence-corrected chi connectivity index (χ0v) is 12.0. The summed E-state index contributed by atoms with van der Waals surface area (Å²) in [6.45, 7) is 4.08. The molecule has 0 aliphatic rings. The normalized spacial score (nSPS) is 10.9. The number of unbranched alkanes of at least 4 members (excludes halogenated alkanes) is 2. The third-order valence-corrected chi connectivity index (χ3v) is 3.25. The lowest BCUT2D eigenvalue weighted by Gasteiger charge is -2.15. The van der Waals surface area contributed by atoms with Gasteiger partial charge in [0.15, 0.2) is 5.78 Å². The summed E-state index contributed by atoms with van der Waals surface area (Å²) in [4.78, 5) is 14.2. The number of ketones is 1. The first kappa shape index (κ1) is 15.2. The SMILES string of the molecule is CCCCCN(C)CCC(=O)c1cccc(Cl)c1. The van der Waals surface area contributed by atoms with Crippen molar-refractivity contribution in [3.05, 3.63) is 34.9 Å². The van der Waals surface area contributed by atoms with Gasteiger partial charge >= 0.3 is 0 Å². The number of carbonyl (C=O) groups is 1. The molecule has 0 bridgehead atoms. The van der Waals surface area contributed by atoms with Crippen LogP contribution in [0.3, 0.4) is 0 Å². The molecule has 0 spiro atoms. The lowest BCUT2D eigenvalue weighted by molar-refractivity contribution is 0.0969. The highest BCUT2D eigenvalue weighted by Gasteiger charge is 2.07. The summed E-state index contributed by atoms with van der Waals surface area (Å²) in [6, 6.07) is 7.17. The molecule has 18 heavy (non-hydrogen) atoms. The minimum Gasteiger partial charge on any atom is -0.306 e. The Labute approximate surface area is 115 Å². The maximum absolute atomic E-state index is 11.9. The van der Waals surface area contributed by atoms with Crippen LogP contribution >= 0.6 is 11.6 Å². The van der Waals surface area contributed by atoms with E-state index in [1.807, 2.05) is 12.1 Å². The van der Waals surface area contributed by atoms with E-state index in [0.717, 1.165) is 13.1 Å². The maximum atomic E-state index is 11.9. The largest absolute Gasteiger partial charge is 0.306 e. The minimum atomic E-state index is 0.167. The molecule has 1 aromatic carbocycles. The van der Waals surface area contributed by atoms with Crippen molar-refractivity contribution >= 4 is 17.4 Å². The van der Waals surface area contributed by atoms with Gasteiger partial charge in [0, 0.05) is 23.6 Å². The maximum Gasteiger partial charge on any atom is 0.164 e. The molecule has 0 saturated heterocycles. The van der Waals surface area contributed by atoms with E-state index in [4.69, 9.17) is 11.6 Å². The van der Waals surface area contributed by atoms with E-state index in [9.17, 15) is 4.79 Å². The van der Waals surface area contributed by atoms with Gasteiger partial charge in [-0.05, 0) is 32.1 Å².